The molecule has 0 fully saturated rings. The minimum absolute atomic E-state index is 0.0537. The van der Waals surface area contributed by atoms with E-state index in [2.05, 4.69) is 23.5 Å². The number of amides is 1. The van der Waals surface area contributed by atoms with E-state index in [0.29, 0.717) is 12.4 Å². The number of rotatable bonds is 8. The van der Waals surface area contributed by atoms with Crippen molar-refractivity contribution in [3.05, 3.63) is 29.3 Å². The Bertz CT molecular complexity index is 588. The summed E-state index contributed by atoms with van der Waals surface area (Å²) in [6, 6.07) is 5.88. The number of aryl methyl sites for hydroxylation is 2. The van der Waals surface area contributed by atoms with Crippen molar-refractivity contribution in [1.29, 1.82) is 0 Å². The van der Waals surface area contributed by atoms with Crippen molar-refractivity contribution < 1.29 is 14.3 Å². The lowest BCUT2D eigenvalue weighted by Gasteiger charge is -2.22. The number of fused-ring (bicyclic) bond motifs is 1. The molecule has 4 nitrogen and oxygen atoms in total. The van der Waals surface area contributed by atoms with Crippen LogP contribution in [0.4, 0.5) is 0 Å². The molecule has 1 aromatic carbocycles. The van der Waals surface area contributed by atoms with Gasteiger partial charge in [-0.2, -0.15) is 0 Å². The van der Waals surface area contributed by atoms with E-state index in [1.807, 2.05) is 13.8 Å². The van der Waals surface area contributed by atoms with Gasteiger partial charge in [-0.3, -0.25) is 4.79 Å². The molecule has 1 N–H and O–H groups in total. The second kappa shape index (κ2) is 9.11. The molecule has 0 aromatic heterocycles. The molecule has 132 valence electrons. The molecule has 1 aliphatic carbocycles. The van der Waals surface area contributed by atoms with Crippen molar-refractivity contribution in [3.8, 4) is 0 Å². The molecule has 1 amide bonds. The van der Waals surface area contributed by atoms with Crippen molar-refractivity contribution in [2.45, 2.75) is 57.4 Å². The molecule has 0 heterocycles. The van der Waals surface area contributed by atoms with Crippen LogP contribution in [-0.4, -0.2) is 30.3 Å². The Hall–Kier alpha value is -1.49. The Morgan fingerprint density at radius 1 is 1.25 bits per heavy atom. The third-order valence-corrected chi connectivity index (χ3v) is 5.50. The number of hydrogen-bond acceptors (Lipinski definition) is 4. The van der Waals surface area contributed by atoms with E-state index in [9.17, 15) is 9.59 Å². The molecule has 0 bridgehead atoms. The number of carbonyl (C=O) groups is 2. The monoisotopic (exact) mass is 349 g/mol. The summed E-state index contributed by atoms with van der Waals surface area (Å²) in [5.74, 6) is -0.106. The van der Waals surface area contributed by atoms with Crippen LogP contribution in [0.25, 0.3) is 0 Å². The molecule has 0 radical (unpaired) electrons. The fourth-order valence-corrected chi connectivity index (χ4v) is 3.67. The molecule has 1 aliphatic rings. The average molecular weight is 349 g/mol. The van der Waals surface area contributed by atoms with Gasteiger partial charge in [-0.1, -0.05) is 26.3 Å². The molecule has 0 saturated carbocycles. The van der Waals surface area contributed by atoms with Crippen LogP contribution in [0.2, 0.25) is 0 Å². The number of benzene rings is 1. The lowest BCUT2D eigenvalue weighted by atomic mass is 9.99. The van der Waals surface area contributed by atoms with Gasteiger partial charge in [0.15, 0.2) is 0 Å². The molecule has 24 heavy (non-hydrogen) atoms. The van der Waals surface area contributed by atoms with Crippen LogP contribution in [0.15, 0.2) is 23.1 Å². The number of esters is 1. The molecule has 2 unspecified atom stereocenters. The average Bonchev–Trinajstić information content (AvgIpc) is 3.05. The summed E-state index contributed by atoms with van der Waals surface area (Å²) in [7, 11) is 0. The summed E-state index contributed by atoms with van der Waals surface area (Å²) in [5, 5.41) is 2.84. The van der Waals surface area contributed by atoms with Crippen molar-refractivity contribution in [3.63, 3.8) is 0 Å². The molecular formula is C19H27NO3S. The Morgan fingerprint density at radius 2 is 2.00 bits per heavy atom. The second-order valence-corrected chi connectivity index (χ2v) is 7.30. The molecule has 0 saturated heterocycles. The van der Waals surface area contributed by atoms with Crippen molar-refractivity contribution in [2.24, 2.45) is 5.92 Å². The van der Waals surface area contributed by atoms with Crippen LogP contribution in [0.1, 0.15) is 44.7 Å². The van der Waals surface area contributed by atoms with E-state index in [4.69, 9.17) is 4.74 Å². The van der Waals surface area contributed by atoms with Crippen LogP contribution >= 0.6 is 11.8 Å². The van der Waals surface area contributed by atoms with Crippen LogP contribution < -0.4 is 5.32 Å². The van der Waals surface area contributed by atoms with E-state index in [1.165, 1.54) is 29.3 Å². The van der Waals surface area contributed by atoms with E-state index in [-0.39, 0.29) is 17.8 Å². The minimum Gasteiger partial charge on any atom is -0.464 e. The second-order valence-electron chi connectivity index (χ2n) is 6.26. The summed E-state index contributed by atoms with van der Waals surface area (Å²) in [4.78, 5) is 25.4. The third-order valence-electron chi connectivity index (χ3n) is 4.51. The van der Waals surface area contributed by atoms with E-state index in [0.717, 1.165) is 24.2 Å². The van der Waals surface area contributed by atoms with Gasteiger partial charge in [-0.25, -0.2) is 4.79 Å². The Kier molecular flexibility index (Phi) is 7.16. The van der Waals surface area contributed by atoms with Crippen LogP contribution in [-0.2, 0) is 27.2 Å². The van der Waals surface area contributed by atoms with Crippen molar-refractivity contribution >= 4 is 23.6 Å². The van der Waals surface area contributed by atoms with Gasteiger partial charge in [0.2, 0.25) is 5.91 Å². The van der Waals surface area contributed by atoms with E-state index < -0.39 is 6.04 Å². The lowest BCUT2D eigenvalue weighted by Crippen LogP contribution is -2.46. The summed E-state index contributed by atoms with van der Waals surface area (Å²) in [5.41, 5.74) is 2.84. The zero-order valence-corrected chi connectivity index (χ0v) is 15.6. The minimum atomic E-state index is -0.567. The first-order valence-electron chi connectivity index (χ1n) is 8.75. The quantitative estimate of drug-likeness (QED) is 0.577. The molecule has 2 rings (SSSR count). The Morgan fingerprint density at radius 3 is 2.71 bits per heavy atom. The van der Waals surface area contributed by atoms with Gasteiger partial charge < -0.3 is 10.1 Å². The van der Waals surface area contributed by atoms with Crippen LogP contribution in [0.5, 0.6) is 0 Å². The molecule has 0 aliphatic heterocycles. The highest BCUT2D eigenvalue weighted by atomic mass is 32.2. The first-order chi connectivity index (χ1) is 11.5. The van der Waals surface area contributed by atoms with Gasteiger partial charge in [0.1, 0.15) is 6.04 Å². The zero-order valence-electron chi connectivity index (χ0n) is 14.8. The number of thioether (sulfide) groups is 1. The predicted molar refractivity (Wildman–Crippen MR) is 97.2 cm³/mol. The fourth-order valence-electron chi connectivity index (χ4n) is 2.90. The highest BCUT2D eigenvalue weighted by Gasteiger charge is 2.27. The van der Waals surface area contributed by atoms with Gasteiger partial charge >= 0.3 is 5.97 Å². The van der Waals surface area contributed by atoms with Crippen molar-refractivity contribution in [1.82, 2.24) is 5.32 Å². The summed E-state index contributed by atoms with van der Waals surface area (Å²) in [6.07, 6.45) is 4.33. The van der Waals surface area contributed by atoms with Gasteiger partial charge in [-0.05, 0) is 55.4 Å². The maximum absolute atomic E-state index is 12.2. The van der Waals surface area contributed by atoms with Gasteiger partial charge in [0.25, 0.3) is 0 Å². The Balaban J connectivity index is 1.89. The summed E-state index contributed by atoms with van der Waals surface area (Å²) < 4.78 is 5.08. The predicted octanol–water partition coefficient (Wildman–Crippen LogP) is 3.36. The van der Waals surface area contributed by atoms with Gasteiger partial charge in [-0.15, -0.1) is 11.8 Å². The Labute approximate surface area is 148 Å². The SMILES string of the molecule is CCOC(=O)C(NC(=O)CSc1ccc2c(c1)CCC2)C(C)CC. The largest absolute Gasteiger partial charge is 0.464 e. The number of nitrogens with one attached hydrogen (secondary N) is 1. The number of hydrogen-bond donors (Lipinski definition) is 1. The standard InChI is InChI=1S/C19H27NO3S/c1-4-13(3)18(19(22)23-5-2)20-17(21)12-24-16-10-9-14-7-6-8-15(14)11-16/h9-11,13,18H,4-8,12H2,1-3H3,(H,20,21). The molecule has 1 aromatic rings. The fraction of sp³-hybridized carbons (Fsp3) is 0.579. The molecule has 0 spiro atoms. The zero-order chi connectivity index (χ0) is 17.5. The third kappa shape index (κ3) is 5.00. The molecular weight excluding hydrogens is 322 g/mol. The normalized spacial score (nSPS) is 15.5. The number of ether oxygens (including phenoxy) is 1. The smallest absolute Gasteiger partial charge is 0.328 e. The van der Waals surface area contributed by atoms with Crippen LogP contribution in [0.3, 0.4) is 0 Å². The topological polar surface area (TPSA) is 55.4 Å². The van der Waals surface area contributed by atoms with E-state index >= 15 is 0 Å². The highest BCUT2D eigenvalue weighted by Crippen LogP contribution is 2.27. The summed E-state index contributed by atoms with van der Waals surface area (Å²) >= 11 is 1.52. The first kappa shape index (κ1) is 18.8. The summed E-state index contributed by atoms with van der Waals surface area (Å²) in [6.45, 7) is 6.06. The molecule has 5 heteroatoms. The van der Waals surface area contributed by atoms with E-state index in [1.54, 1.807) is 6.92 Å². The highest BCUT2D eigenvalue weighted by molar-refractivity contribution is 8.00. The van der Waals surface area contributed by atoms with Gasteiger partial charge in [0, 0.05) is 4.90 Å². The van der Waals surface area contributed by atoms with Gasteiger partial charge in [0.05, 0.1) is 12.4 Å². The maximum atomic E-state index is 12.2. The molecule has 2 atom stereocenters. The number of carbonyl (C=O) groups excluding carboxylic acids is 2. The van der Waals surface area contributed by atoms with Crippen molar-refractivity contribution in [2.75, 3.05) is 12.4 Å². The first-order valence-corrected chi connectivity index (χ1v) is 9.74. The van der Waals surface area contributed by atoms with Crippen LogP contribution in [0, 0.1) is 5.92 Å². The maximum Gasteiger partial charge on any atom is 0.328 e. The lowest BCUT2D eigenvalue weighted by molar-refractivity contribution is -0.148.